The molecule has 3 heteroatoms. The lowest BCUT2D eigenvalue weighted by Gasteiger charge is -2.18. The quantitative estimate of drug-likeness (QED) is 0.856. The lowest BCUT2D eigenvalue weighted by molar-refractivity contribution is -0.111. The molecule has 2 aromatic rings. The minimum absolute atomic E-state index is 0.135. The summed E-state index contributed by atoms with van der Waals surface area (Å²) < 4.78 is 0. The minimum Gasteiger partial charge on any atom is -0.307 e. The molecule has 22 heavy (non-hydrogen) atoms. The second-order valence-corrected chi connectivity index (χ2v) is 6.41. The van der Waals surface area contributed by atoms with E-state index in [0.29, 0.717) is 5.82 Å². The molecular weight excluding hydrogens is 272 g/mol. The Morgan fingerprint density at radius 1 is 1.14 bits per heavy atom. The number of carbonyl (C=O) groups excluding carboxylic acids is 1. The molecule has 0 aliphatic carbocycles. The van der Waals surface area contributed by atoms with Crippen molar-refractivity contribution >= 4 is 17.8 Å². The van der Waals surface area contributed by atoms with Gasteiger partial charge in [-0.15, -0.1) is 0 Å². The van der Waals surface area contributed by atoms with Crippen molar-refractivity contribution in [1.82, 2.24) is 4.98 Å². The molecular formula is C19H22N2O. The highest BCUT2D eigenvalue weighted by atomic mass is 16.1. The predicted octanol–water partition coefficient (Wildman–Crippen LogP) is 4.34. The van der Waals surface area contributed by atoms with Gasteiger partial charge < -0.3 is 5.32 Å². The highest BCUT2D eigenvalue weighted by Gasteiger charge is 2.12. The number of hydrogen-bond donors (Lipinski definition) is 1. The summed E-state index contributed by atoms with van der Waals surface area (Å²) in [5.74, 6) is 0.385. The number of pyridine rings is 1. The third kappa shape index (κ3) is 4.55. The second kappa shape index (κ2) is 6.56. The van der Waals surface area contributed by atoms with Crippen molar-refractivity contribution < 1.29 is 4.79 Å². The van der Waals surface area contributed by atoms with Gasteiger partial charge in [-0.1, -0.05) is 45.0 Å². The molecule has 1 aromatic heterocycles. The lowest BCUT2D eigenvalue weighted by atomic mass is 9.87. The molecule has 1 amide bonds. The Labute approximate surface area is 132 Å². The topological polar surface area (TPSA) is 42.0 Å². The average Bonchev–Trinajstić information content (AvgIpc) is 2.45. The van der Waals surface area contributed by atoms with Gasteiger partial charge in [0.15, 0.2) is 0 Å². The van der Waals surface area contributed by atoms with Crippen molar-refractivity contribution in [2.75, 3.05) is 5.32 Å². The summed E-state index contributed by atoms with van der Waals surface area (Å²) in [7, 11) is 0. The Morgan fingerprint density at radius 2 is 1.82 bits per heavy atom. The molecule has 0 aliphatic heterocycles. The summed E-state index contributed by atoms with van der Waals surface area (Å²) in [5.41, 5.74) is 3.47. The van der Waals surface area contributed by atoms with Crippen molar-refractivity contribution in [3.63, 3.8) is 0 Å². The van der Waals surface area contributed by atoms with Gasteiger partial charge in [0.25, 0.3) is 0 Å². The fourth-order valence-electron chi connectivity index (χ4n) is 2.04. The second-order valence-electron chi connectivity index (χ2n) is 6.41. The van der Waals surface area contributed by atoms with Crippen LogP contribution in [0.25, 0.3) is 6.08 Å². The van der Waals surface area contributed by atoms with Crippen molar-refractivity contribution in [1.29, 1.82) is 0 Å². The van der Waals surface area contributed by atoms with Gasteiger partial charge in [-0.3, -0.25) is 4.79 Å². The maximum atomic E-state index is 11.9. The van der Waals surface area contributed by atoms with E-state index in [4.69, 9.17) is 0 Å². The molecule has 0 saturated heterocycles. The van der Waals surface area contributed by atoms with Crippen molar-refractivity contribution in [2.24, 2.45) is 0 Å². The first-order valence-corrected chi connectivity index (χ1v) is 7.37. The van der Waals surface area contributed by atoms with Gasteiger partial charge in [-0.25, -0.2) is 4.98 Å². The highest BCUT2D eigenvalue weighted by Crippen LogP contribution is 2.22. The van der Waals surface area contributed by atoms with Gasteiger partial charge in [0.2, 0.25) is 5.91 Å². The summed E-state index contributed by atoms with van der Waals surface area (Å²) >= 11 is 0. The summed E-state index contributed by atoms with van der Waals surface area (Å²) in [6.45, 7) is 8.50. The number of carbonyl (C=O) groups is 1. The number of hydrogen-bond acceptors (Lipinski definition) is 2. The first kappa shape index (κ1) is 16.0. The van der Waals surface area contributed by atoms with Gasteiger partial charge in [0.1, 0.15) is 5.82 Å². The molecule has 1 N–H and O–H groups in total. The number of rotatable bonds is 3. The molecule has 3 nitrogen and oxygen atoms in total. The largest absolute Gasteiger partial charge is 0.307 e. The highest BCUT2D eigenvalue weighted by molar-refractivity contribution is 6.01. The standard InChI is InChI=1S/C19H22N2O/c1-14-11-12-20-17(13-14)21-18(22)10-7-15-5-8-16(9-6-15)19(2,3)4/h5-13H,1-4H3,(H,20,21,22)/b10-7+. The Kier molecular flexibility index (Phi) is 4.76. The number of aromatic nitrogens is 1. The zero-order chi connectivity index (χ0) is 16.2. The SMILES string of the molecule is Cc1ccnc(NC(=O)/C=C/c2ccc(C(C)(C)C)cc2)c1. The van der Waals surface area contributed by atoms with Crippen LogP contribution in [0.15, 0.2) is 48.7 Å². The van der Waals surface area contributed by atoms with Crippen LogP contribution in [0.3, 0.4) is 0 Å². The predicted molar refractivity (Wildman–Crippen MR) is 91.8 cm³/mol. The molecule has 2 rings (SSSR count). The number of nitrogens with one attached hydrogen (secondary N) is 1. The van der Waals surface area contributed by atoms with Crippen LogP contribution in [-0.4, -0.2) is 10.9 Å². The lowest BCUT2D eigenvalue weighted by Crippen LogP contribution is -2.10. The van der Waals surface area contributed by atoms with Crippen molar-refractivity contribution in [2.45, 2.75) is 33.1 Å². The van der Waals surface area contributed by atoms with Gasteiger partial charge in [-0.2, -0.15) is 0 Å². The zero-order valence-corrected chi connectivity index (χ0v) is 13.6. The molecule has 1 heterocycles. The van der Waals surface area contributed by atoms with E-state index in [9.17, 15) is 4.79 Å². The van der Waals surface area contributed by atoms with E-state index in [1.54, 1.807) is 12.3 Å². The summed E-state index contributed by atoms with van der Waals surface area (Å²) in [6, 6.07) is 12.0. The molecule has 0 aliphatic rings. The third-order valence-electron chi connectivity index (χ3n) is 3.37. The van der Waals surface area contributed by atoms with Crippen LogP contribution >= 0.6 is 0 Å². The number of benzene rings is 1. The van der Waals surface area contributed by atoms with E-state index in [1.165, 1.54) is 11.6 Å². The minimum atomic E-state index is -0.182. The van der Waals surface area contributed by atoms with Crippen molar-refractivity contribution in [3.05, 3.63) is 65.4 Å². The monoisotopic (exact) mass is 294 g/mol. The normalized spacial score (nSPS) is 11.6. The zero-order valence-electron chi connectivity index (χ0n) is 13.6. The summed E-state index contributed by atoms with van der Waals surface area (Å²) in [5, 5.41) is 2.75. The summed E-state index contributed by atoms with van der Waals surface area (Å²) in [6.07, 6.45) is 5.01. The van der Waals surface area contributed by atoms with E-state index in [0.717, 1.165) is 11.1 Å². The van der Waals surface area contributed by atoms with E-state index >= 15 is 0 Å². The average molecular weight is 294 g/mol. The molecule has 0 fully saturated rings. The first-order chi connectivity index (χ1) is 10.3. The number of nitrogens with zero attached hydrogens (tertiary/aromatic N) is 1. The van der Waals surface area contributed by atoms with Gasteiger partial charge >= 0.3 is 0 Å². The van der Waals surface area contributed by atoms with Gasteiger partial charge in [-0.05, 0) is 47.2 Å². The first-order valence-electron chi connectivity index (χ1n) is 7.37. The van der Waals surface area contributed by atoms with Crippen LogP contribution in [-0.2, 0) is 10.2 Å². The van der Waals surface area contributed by atoms with Gasteiger partial charge in [0.05, 0.1) is 0 Å². The van der Waals surface area contributed by atoms with Crippen LogP contribution in [0.1, 0.15) is 37.5 Å². The molecule has 0 bridgehead atoms. The van der Waals surface area contributed by atoms with E-state index < -0.39 is 0 Å². The van der Waals surface area contributed by atoms with Crippen LogP contribution in [0.5, 0.6) is 0 Å². The third-order valence-corrected chi connectivity index (χ3v) is 3.37. The van der Waals surface area contributed by atoms with Gasteiger partial charge in [0, 0.05) is 12.3 Å². The molecule has 0 atom stereocenters. The maximum Gasteiger partial charge on any atom is 0.249 e. The molecule has 0 radical (unpaired) electrons. The number of anilines is 1. The molecule has 0 saturated carbocycles. The molecule has 0 spiro atoms. The van der Waals surface area contributed by atoms with E-state index in [1.807, 2.05) is 31.2 Å². The molecule has 1 aromatic carbocycles. The Hall–Kier alpha value is -2.42. The molecule has 114 valence electrons. The fourth-order valence-corrected chi connectivity index (χ4v) is 2.04. The summed E-state index contributed by atoms with van der Waals surface area (Å²) in [4.78, 5) is 16.0. The Bertz CT molecular complexity index is 679. The van der Waals surface area contributed by atoms with Crippen LogP contribution in [0.4, 0.5) is 5.82 Å². The number of amides is 1. The van der Waals surface area contributed by atoms with E-state index in [2.05, 4.69) is 43.2 Å². The number of aryl methyl sites for hydroxylation is 1. The Balaban J connectivity index is 2.00. The van der Waals surface area contributed by atoms with Crippen LogP contribution in [0, 0.1) is 6.92 Å². The fraction of sp³-hybridized carbons (Fsp3) is 0.263. The van der Waals surface area contributed by atoms with Crippen LogP contribution < -0.4 is 5.32 Å². The smallest absolute Gasteiger partial charge is 0.249 e. The van der Waals surface area contributed by atoms with E-state index in [-0.39, 0.29) is 11.3 Å². The Morgan fingerprint density at radius 3 is 2.41 bits per heavy atom. The molecule has 0 unspecified atom stereocenters. The van der Waals surface area contributed by atoms with Crippen molar-refractivity contribution in [3.8, 4) is 0 Å². The van der Waals surface area contributed by atoms with Crippen LogP contribution in [0.2, 0.25) is 0 Å². The maximum absolute atomic E-state index is 11.9.